The van der Waals surface area contributed by atoms with Crippen molar-refractivity contribution in [1.82, 2.24) is 14.9 Å². The molecule has 5 aliphatic rings. The Kier molecular flexibility index (Phi) is 9.62. The molecule has 4 aliphatic carbocycles. The Morgan fingerprint density at radius 2 is 1.70 bits per heavy atom. The number of anilines is 3. The number of hydrogen-bond donors (Lipinski definition) is 1. The molecule has 0 amide bonds. The minimum absolute atomic E-state index is 0.0375. The van der Waals surface area contributed by atoms with Crippen LogP contribution in [0.4, 0.5) is 17.6 Å². The van der Waals surface area contributed by atoms with Gasteiger partial charge in [-0.25, -0.2) is 0 Å². The number of nitrogens with zero attached hydrogens (tertiary/aromatic N) is 6. The number of aliphatic hydroxyl groups is 1. The molecule has 0 aromatic carbocycles. The Bertz CT molecular complexity index is 1370. The number of allylic oxidation sites excluding steroid dienone is 4. The van der Waals surface area contributed by atoms with Crippen LogP contribution in [0.15, 0.2) is 29.9 Å². The summed E-state index contributed by atoms with van der Waals surface area (Å²) in [4.78, 5) is 45.6. The third-order valence-electron chi connectivity index (χ3n) is 13.1. The maximum absolute atomic E-state index is 14.3. The van der Waals surface area contributed by atoms with Gasteiger partial charge in [-0.2, -0.15) is 9.97 Å². The van der Waals surface area contributed by atoms with E-state index in [9.17, 15) is 14.7 Å². The third kappa shape index (κ3) is 5.94. The molecule has 0 spiro atoms. The number of fused-ring (bicyclic) bond motifs is 5. The van der Waals surface area contributed by atoms with Crippen LogP contribution in [0.25, 0.3) is 0 Å². The van der Waals surface area contributed by atoms with E-state index in [4.69, 9.17) is 9.97 Å². The standard InChI is InChI=1S/C38H58N6O3/c1-8-42(9-2)32-22-33(40-36(39-32)43(10-3)11-4)44-18-16-41(17-19-44)24-31(47)34-25(5)20-29-28-13-12-26-21-27(45)14-15-37(26,6)35(28)30(46)23-38(29,34)7/h14-15,21-22,25,28-30,34-35,46H,8-13,16-20,23-24H2,1-7H3/t25-,28+,29+,30-,34-,35-,37+,38+/m1/s1. The molecule has 3 saturated carbocycles. The Morgan fingerprint density at radius 1 is 1.02 bits per heavy atom. The van der Waals surface area contributed by atoms with Gasteiger partial charge in [0.05, 0.1) is 12.6 Å². The predicted octanol–water partition coefficient (Wildman–Crippen LogP) is 5.00. The highest BCUT2D eigenvalue weighted by molar-refractivity contribution is 6.01. The fourth-order valence-corrected chi connectivity index (χ4v) is 10.8. The molecule has 0 radical (unpaired) electrons. The molecular weight excluding hydrogens is 588 g/mol. The molecule has 1 aromatic heterocycles. The SMILES string of the molecule is CCN(CC)c1cc(N2CCN(CC(=O)[C@H]3[C@H](C)C[C@H]4[C@@H]5CCC6=CC(=O)C=C[C@]6(C)[C@H]5[C@H](O)C[C@@]43C)CC2)nc(N(CC)CC)n1. The first-order valence-corrected chi connectivity index (χ1v) is 18.5. The van der Waals surface area contributed by atoms with Crippen LogP contribution in [0, 0.1) is 40.4 Å². The fourth-order valence-electron chi connectivity index (χ4n) is 10.8. The van der Waals surface area contributed by atoms with Crippen LogP contribution < -0.4 is 14.7 Å². The van der Waals surface area contributed by atoms with Crippen LogP contribution in [0.5, 0.6) is 0 Å². The van der Waals surface area contributed by atoms with E-state index in [1.54, 1.807) is 6.08 Å². The van der Waals surface area contributed by atoms with Gasteiger partial charge in [0.1, 0.15) is 11.6 Å². The first-order valence-electron chi connectivity index (χ1n) is 18.5. The van der Waals surface area contributed by atoms with Crippen molar-refractivity contribution >= 4 is 29.2 Å². The van der Waals surface area contributed by atoms with Crippen LogP contribution in [0.2, 0.25) is 0 Å². The topological polar surface area (TPSA) is 93.1 Å². The van der Waals surface area contributed by atoms with Gasteiger partial charge in [-0.1, -0.05) is 32.4 Å². The zero-order valence-corrected chi connectivity index (χ0v) is 29.9. The van der Waals surface area contributed by atoms with Crippen molar-refractivity contribution in [3.8, 4) is 0 Å². The summed E-state index contributed by atoms with van der Waals surface area (Å²) >= 11 is 0. The lowest BCUT2D eigenvalue weighted by atomic mass is 9.46. The first-order chi connectivity index (χ1) is 22.5. The van der Waals surface area contributed by atoms with Gasteiger partial charge in [-0.15, -0.1) is 0 Å². The average Bonchev–Trinajstić information content (AvgIpc) is 3.32. The van der Waals surface area contributed by atoms with Crippen molar-refractivity contribution in [3.05, 3.63) is 29.9 Å². The molecule has 1 aliphatic heterocycles. The maximum Gasteiger partial charge on any atom is 0.229 e. The van der Waals surface area contributed by atoms with Crippen LogP contribution in [-0.2, 0) is 9.59 Å². The Balaban J connectivity index is 1.14. The lowest BCUT2D eigenvalue weighted by molar-refractivity contribution is -0.141. The highest BCUT2D eigenvalue weighted by Crippen LogP contribution is 2.67. The molecule has 1 N–H and O–H groups in total. The van der Waals surface area contributed by atoms with Crippen LogP contribution in [0.1, 0.15) is 74.1 Å². The van der Waals surface area contributed by atoms with Gasteiger partial charge < -0.3 is 19.8 Å². The minimum Gasteiger partial charge on any atom is -0.393 e. The van der Waals surface area contributed by atoms with E-state index < -0.39 is 6.10 Å². The van der Waals surface area contributed by atoms with Crippen molar-refractivity contribution in [3.63, 3.8) is 0 Å². The van der Waals surface area contributed by atoms with Crippen LogP contribution >= 0.6 is 0 Å². The largest absolute Gasteiger partial charge is 0.393 e. The molecule has 8 atom stereocenters. The molecule has 9 nitrogen and oxygen atoms in total. The fraction of sp³-hybridized carbons (Fsp3) is 0.737. The quantitative estimate of drug-likeness (QED) is 0.377. The number of hydrogen-bond acceptors (Lipinski definition) is 9. The van der Waals surface area contributed by atoms with E-state index in [1.807, 2.05) is 6.08 Å². The number of carbonyl (C=O) groups is 2. The molecule has 1 aromatic rings. The molecule has 1 saturated heterocycles. The molecule has 6 rings (SSSR count). The van der Waals surface area contributed by atoms with Crippen LogP contribution in [-0.4, -0.2) is 96.5 Å². The molecule has 9 heteroatoms. The maximum atomic E-state index is 14.3. The van der Waals surface area contributed by atoms with Gasteiger partial charge in [0.25, 0.3) is 0 Å². The molecule has 0 unspecified atom stereocenters. The van der Waals surface area contributed by atoms with Crippen molar-refractivity contribution < 1.29 is 14.7 Å². The summed E-state index contributed by atoms with van der Waals surface area (Å²) in [6, 6.07) is 2.13. The summed E-state index contributed by atoms with van der Waals surface area (Å²) < 4.78 is 0. The molecule has 0 bridgehead atoms. The van der Waals surface area contributed by atoms with E-state index in [2.05, 4.69) is 80.2 Å². The van der Waals surface area contributed by atoms with E-state index in [-0.39, 0.29) is 28.4 Å². The van der Waals surface area contributed by atoms with Gasteiger partial charge >= 0.3 is 0 Å². The highest BCUT2D eigenvalue weighted by Gasteiger charge is 2.64. The van der Waals surface area contributed by atoms with Gasteiger partial charge in [0.15, 0.2) is 11.6 Å². The summed E-state index contributed by atoms with van der Waals surface area (Å²) in [5.74, 6) is 4.29. The molecule has 258 valence electrons. The van der Waals surface area contributed by atoms with Gasteiger partial charge in [-0.3, -0.25) is 14.5 Å². The predicted molar refractivity (Wildman–Crippen MR) is 189 cm³/mol. The van der Waals surface area contributed by atoms with E-state index >= 15 is 0 Å². The Hall–Kier alpha value is -2.78. The molecule has 2 heterocycles. The van der Waals surface area contributed by atoms with Crippen molar-refractivity contribution in [1.29, 1.82) is 0 Å². The summed E-state index contributed by atoms with van der Waals surface area (Å²) in [6.07, 6.45) is 8.72. The van der Waals surface area contributed by atoms with Gasteiger partial charge in [-0.05, 0) is 88.7 Å². The second-order valence-corrected chi connectivity index (χ2v) is 15.4. The zero-order valence-electron chi connectivity index (χ0n) is 29.9. The Labute approximate surface area is 282 Å². The van der Waals surface area contributed by atoms with Crippen molar-refractivity contribution in [2.45, 2.75) is 80.3 Å². The number of aromatic nitrogens is 2. The smallest absolute Gasteiger partial charge is 0.229 e. The lowest BCUT2D eigenvalue weighted by Crippen LogP contribution is -2.57. The first kappa shape index (κ1) is 34.1. The van der Waals surface area contributed by atoms with Crippen molar-refractivity contribution in [2.75, 3.05) is 73.6 Å². The number of carbonyl (C=O) groups excluding carboxylic acids is 2. The van der Waals surface area contributed by atoms with Gasteiger partial charge in [0.2, 0.25) is 5.95 Å². The summed E-state index contributed by atoms with van der Waals surface area (Å²) in [5, 5.41) is 11.8. The summed E-state index contributed by atoms with van der Waals surface area (Å²) in [6.45, 7) is 22.7. The summed E-state index contributed by atoms with van der Waals surface area (Å²) in [5.41, 5.74) is 0.708. The van der Waals surface area contributed by atoms with E-state index in [0.717, 1.165) is 89.2 Å². The minimum atomic E-state index is -0.479. The Morgan fingerprint density at radius 3 is 2.36 bits per heavy atom. The van der Waals surface area contributed by atoms with Gasteiger partial charge in [0, 0.05) is 75.7 Å². The number of aliphatic hydroxyl groups excluding tert-OH is 1. The van der Waals surface area contributed by atoms with Crippen LogP contribution in [0.3, 0.4) is 0 Å². The number of ketones is 2. The lowest BCUT2D eigenvalue weighted by Gasteiger charge is -2.58. The highest BCUT2D eigenvalue weighted by atomic mass is 16.3. The number of rotatable bonds is 10. The number of piperazine rings is 1. The summed E-state index contributed by atoms with van der Waals surface area (Å²) in [7, 11) is 0. The second-order valence-electron chi connectivity index (χ2n) is 15.4. The normalized spacial score (nSPS) is 35.2. The zero-order chi connectivity index (χ0) is 33.7. The second kappa shape index (κ2) is 13.3. The average molecular weight is 647 g/mol. The molecular formula is C38H58N6O3. The third-order valence-corrected chi connectivity index (χ3v) is 13.1. The monoisotopic (exact) mass is 646 g/mol. The molecule has 4 fully saturated rings. The number of Topliss-reactive ketones (excluding diaryl/α,β-unsaturated/α-hetero) is 1. The molecule has 47 heavy (non-hydrogen) atoms. The van der Waals surface area contributed by atoms with Crippen molar-refractivity contribution in [2.24, 2.45) is 40.4 Å². The van der Waals surface area contributed by atoms with E-state index in [1.165, 1.54) is 5.57 Å². The van der Waals surface area contributed by atoms with E-state index in [0.29, 0.717) is 36.5 Å².